The number of esters is 1. The van der Waals surface area contributed by atoms with Gasteiger partial charge in [0, 0.05) is 5.92 Å². The Labute approximate surface area is 177 Å². The molecule has 0 spiro atoms. The summed E-state index contributed by atoms with van der Waals surface area (Å²) in [5.74, 6) is 1.60. The van der Waals surface area contributed by atoms with E-state index in [4.69, 9.17) is 18.9 Å². The van der Waals surface area contributed by atoms with Crippen molar-refractivity contribution in [3.8, 4) is 23.0 Å². The fourth-order valence-corrected chi connectivity index (χ4v) is 3.74. The highest BCUT2D eigenvalue weighted by molar-refractivity contribution is 5.75. The zero-order valence-electron chi connectivity index (χ0n) is 17.8. The van der Waals surface area contributed by atoms with Gasteiger partial charge < -0.3 is 24.1 Å². The Morgan fingerprint density at radius 2 is 1.73 bits per heavy atom. The van der Waals surface area contributed by atoms with Gasteiger partial charge in [0.1, 0.15) is 0 Å². The van der Waals surface area contributed by atoms with Gasteiger partial charge in [-0.3, -0.25) is 4.79 Å². The molecule has 162 valence electrons. The first-order valence-electron chi connectivity index (χ1n) is 10.5. The molecular formula is C24H30O6. The Balaban J connectivity index is 1.74. The maximum absolute atomic E-state index is 12.4. The first-order valence-corrected chi connectivity index (χ1v) is 10.5. The first kappa shape index (κ1) is 21.8. The number of aromatic hydroxyl groups is 1. The molecule has 0 aliphatic carbocycles. The zero-order valence-corrected chi connectivity index (χ0v) is 17.8. The molecule has 0 unspecified atom stereocenters. The predicted molar refractivity (Wildman–Crippen MR) is 113 cm³/mol. The van der Waals surface area contributed by atoms with Crippen LogP contribution in [0.1, 0.15) is 31.4 Å². The third kappa shape index (κ3) is 5.17. The van der Waals surface area contributed by atoms with Crippen molar-refractivity contribution in [1.82, 2.24) is 0 Å². The molecule has 0 amide bonds. The van der Waals surface area contributed by atoms with Crippen molar-refractivity contribution in [3.63, 3.8) is 0 Å². The molecule has 0 aromatic heterocycles. The van der Waals surface area contributed by atoms with E-state index in [-0.39, 0.29) is 23.6 Å². The van der Waals surface area contributed by atoms with E-state index in [9.17, 15) is 9.90 Å². The molecule has 1 heterocycles. The molecule has 6 heteroatoms. The molecule has 1 saturated heterocycles. The zero-order chi connectivity index (χ0) is 21.5. The molecule has 1 aliphatic rings. The minimum atomic E-state index is -0.244. The van der Waals surface area contributed by atoms with E-state index in [0.717, 1.165) is 17.5 Å². The molecule has 6 nitrogen and oxygen atoms in total. The van der Waals surface area contributed by atoms with Gasteiger partial charge in [-0.25, -0.2) is 0 Å². The fraction of sp³-hybridized carbons (Fsp3) is 0.458. The van der Waals surface area contributed by atoms with Crippen LogP contribution in [-0.4, -0.2) is 38.0 Å². The highest BCUT2D eigenvalue weighted by atomic mass is 16.5. The van der Waals surface area contributed by atoms with E-state index in [2.05, 4.69) is 0 Å². The number of hydrogen-bond acceptors (Lipinski definition) is 6. The van der Waals surface area contributed by atoms with Gasteiger partial charge in [0.25, 0.3) is 0 Å². The summed E-state index contributed by atoms with van der Waals surface area (Å²) in [4.78, 5) is 12.4. The van der Waals surface area contributed by atoms with E-state index < -0.39 is 0 Å². The summed E-state index contributed by atoms with van der Waals surface area (Å²) in [6.07, 6.45) is 2.10. The highest BCUT2D eigenvalue weighted by Crippen LogP contribution is 2.34. The standard InChI is InChI=1S/C24H30O6/c1-4-10-29-22-13-17(6-8-20(22)25)12-19-18(15-30-24(19)26)11-16-7-9-21(27-3)23(14-16)28-5-2/h6-9,13-14,18-19,25H,4-5,10-12,15H2,1-3H3/t18-,19+/m0/s1. The molecule has 2 atom stereocenters. The van der Waals surface area contributed by atoms with Gasteiger partial charge in [-0.2, -0.15) is 0 Å². The molecule has 2 aromatic carbocycles. The smallest absolute Gasteiger partial charge is 0.309 e. The number of carbonyl (C=O) groups excluding carboxylic acids is 1. The van der Waals surface area contributed by atoms with E-state index in [0.29, 0.717) is 49.9 Å². The van der Waals surface area contributed by atoms with Gasteiger partial charge in [-0.15, -0.1) is 0 Å². The molecular weight excluding hydrogens is 384 g/mol. The van der Waals surface area contributed by atoms with Crippen LogP contribution in [0.3, 0.4) is 0 Å². The van der Waals surface area contributed by atoms with Gasteiger partial charge in [-0.05, 0) is 61.6 Å². The minimum Gasteiger partial charge on any atom is -0.504 e. The Bertz CT molecular complexity index is 863. The van der Waals surface area contributed by atoms with Crippen LogP contribution in [-0.2, 0) is 22.4 Å². The Morgan fingerprint density at radius 1 is 1.00 bits per heavy atom. The monoisotopic (exact) mass is 414 g/mol. The summed E-state index contributed by atoms with van der Waals surface area (Å²) >= 11 is 0. The molecule has 0 saturated carbocycles. The van der Waals surface area contributed by atoms with Crippen LogP contribution >= 0.6 is 0 Å². The van der Waals surface area contributed by atoms with Crippen LogP contribution in [0.2, 0.25) is 0 Å². The van der Waals surface area contributed by atoms with Crippen molar-refractivity contribution in [2.45, 2.75) is 33.1 Å². The number of phenolic OH excluding ortho intramolecular Hbond substituents is 1. The van der Waals surface area contributed by atoms with Crippen LogP contribution < -0.4 is 14.2 Å². The van der Waals surface area contributed by atoms with Crippen molar-refractivity contribution in [1.29, 1.82) is 0 Å². The maximum atomic E-state index is 12.4. The average Bonchev–Trinajstić information content (AvgIpc) is 3.08. The quantitative estimate of drug-likeness (QED) is 0.589. The molecule has 1 aliphatic heterocycles. The molecule has 3 rings (SSSR count). The van der Waals surface area contributed by atoms with Crippen molar-refractivity contribution in [3.05, 3.63) is 47.5 Å². The fourth-order valence-electron chi connectivity index (χ4n) is 3.74. The number of methoxy groups -OCH3 is 1. The maximum Gasteiger partial charge on any atom is 0.309 e. The summed E-state index contributed by atoms with van der Waals surface area (Å²) in [7, 11) is 1.62. The van der Waals surface area contributed by atoms with E-state index in [1.807, 2.05) is 44.2 Å². The summed E-state index contributed by atoms with van der Waals surface area (Å²) < 4.78 is 22.0. The lowest BCUT2D eigenvalue weighted by molar-refractivity contribution is -0.141. The SMILES string of the molecule is CCCOc1cc(C[C@H]2C(=O)OC[C@@H]2Cc2ccc(OC)c(OCC)c2)ccc1O. The van der Waals surface area contributed by atoms with Crippen molar-refractivity contribution >= 4 is 5.97 Å². The van der Waals surface area contributed by atoms with Crippen molar-refractivity contribution < 1.29 is 28.8 Å². The molecule has 2 aromatic rings. The molecule has 1 fully saturated rings. The Kier molecular flexibility index (Phi) is 7.44. The molecule has 0 radical (unpaired) electrons. The molecule has 1 N–H and O–H groups in total. The second kappa shape index (κ2) is 10.2. The first-order chi connectivity index (χ1) is 14.5. The Morgan fingerprint density at radius 3 is 2.47 bits per heavy atom. The summed E-state index contributed by atoms with van der Waals surface area (Å²) in [5.41, 5.74) is 2.02. The normalized spacial score (nSPS) is 18.2. The second-order valence-corrected chi connectivity index (χ2v) is 7.47. The topological polar surface area (TPSA) is 74.2 Å². The summed E-state index contributed by atoms with van der Waals surface area (Å²) in [6, 6.07) is 11.1. The second-order valence-electron chi connectivity index (χ2n) is 7.47. The van der Waals surface area contributed by atoms with E-state index in [1.54, 1.807) is 13.2 Å². The average molecular weight is 414 g/mol. The van der Waals surface area contributed by atoms with E-state index in [1.165, 1.54) is 0 Å². The lowest BCUT2D eigenvalue weighted by atomic mass is 9.85. The van der Waals surface area contributed by atoms with Gasteiger partial charge in [0.15, 0.2) is 23.0 Å². The van der Waals surface area contributed by atoms with Crippen LogP contribution in [0.4, 0.5) is 0 Å². The number of cyclic esters (lactones) is 1. The lowest BCUT2D eigenvalue weighted by Gasteiger charge is -2.17. The molecule has 0 bridgehead atoms. The Hall–Kier alpha value is -2.89. The van der Waals surface area contributed by atoms with Gasteiger partial charge in [0.2, 0.25) is 0 Å². The van der Waals surface area contributed by atoms with E-state index >= 15 is 0 Å². The van der Waals surface area contributed by atoms with Gasteiger partial charge in [0.05, 0.1) is 32.8 Å². The number of rotatable bonds is 10. The highest BCUT2D eigenvalue weighted by Gasteiger charge is 2.37. The van der Waals surface area contributed by atoms with Gasteiger partial charge >= 0.3 is 5.97 Å². The number of benzene rings is 2. The number of ether oxygens (including phenoxy) is 4. The summed E-state index contributed by atoms with van der Waals surface area (Å²) in [5, 5.41) is 9.99. The minimum absolute atomic E-state index is 0.0641. The predicted octanol–water partition coefficient (Wildman–Crippen LogP) is 4.16. The number of hydrogen-bond donors (Lipinski definition) is 1. The van der Waals surface area contributed by atoms with Gasteiger partial charge in [-0.1, -0.05) is 19.1 Å². The largest absolute Gasteiger partial charge is 0.504 e. The van der Waals surface area contributed by atoms with Crippen molar-refractivity contribution in [2.75, 3.05) is 26.9 Å². The number of carbonyl (C=O) groups is 1. The van der Waals surface area contributed by atoms with Crippen LogP contribution in [0.25, 0.3) is 0 Å². The van der Waals surface area contributed by atoms with Crippen molar-refractivity contribution in [2.24, 2.45) is 11.8 Å². The van der Waals surface area contributed by atoms with Crippen LogP contribution in [0.15, 0.2) is 36.4 Å². The number of phenols is 1. The third-order valence-electron chi connectivity index (χ3n) is 5.28. The molecule has 30 heavy (non-hydrogen) atoms. The summed E-state index contributed by atoms with van der Waals surface area (Å²) in [6.45, 7) is 5.43. The van der Waals surface area contributed by atoms with Crippen LogP contribution in [0.5, 0.6) is 23.0 Å². The third-order valence-corrected chi connectivity index (χ3v) is 5.28. The van der Waals surface area contributed by atoms with Crippen LogP contribution in [0, 0.1) is 11.8 Å². The lowest BCUT2D eigenvalue weighted by Crippen LogP contribution is -2.20.